The molecule has 0 radical (unpaired) electrons. The number of amides is 2. The molecule has 0 saturated heterocycles. The zero-order valence-corrected chi connectivity index (χ0v) is 28.1. The summed E-state index contributed by atoms with van der Waals surface area (Å²) < 4.78 is 34.6. The summed E-state index contributed by atoms with van der Waals surface area (Å²) in [5, 5.41) is 3.47. The minimum absolute atomic E-state index is 0.0170. The molecule has 0 spiro atoms. The fourth-order valence-electron chi connectivity index (χ4n) is 5.01. The van der Waals surface area contributed by atoms with E-state index < -0.39 is 28.5 Å². The Morgan fingerprint density at radius 1 is 0.891 bits per heavy atom. The number of hydrogen-bond acceptors (Lipinski definition) is 5. The minimum Gasteiger partial charge on any atom is -0.497 e. The Kier molecular flexibility index (Phi) is 11.8. The van der Waals surface area contributed by atoms with Gasteiger partial charge in [0.05, 0.1) is 17.7 Å². The van der Waals surface area contributed by atoms with Crippen molar-refractivity contribution in [3.8, 4) is 5.75 Å². The molecule has 46 heavy (non-hydrogen) atoms. The maximum atomic E-state index is 14.5. The molecule has 2 amide bonds. The zero-order valence-electron chi connectivity index (χ0n) is 26.5. The largest absolute Gasteiger partial charge is 0.497 e. The molecule has 0 saturated carbocycles. The second-order valence-electron chi connectivity index (χ2n) is 11.2. The second-order valence-corrected chi connectivity index (χ2v) is 13.5. The van der Waals surface area contributed by atoms with E-state index in [-0.39, 0.29) is 35.5 Å². The summed E-state index contributed by atoms with van der Waals surface area (Å²) in [6.45, 7) is 5.39. The number of ether oxygens (including phenoxy) is 1. The van der Waals surface area contributed by atoms with Gasteiger partial charge in [-0.3, -0.25) is 13.9 Å². The van der Waals surface area contributed by atoms with Crippen molar-refractivity contribution >= 4 is 39.1 Å². The molecule has 0 aliphatic carbocycles. The van der Waals surface area contributed by atoms with E-state index in [1.165, 1.54) is 24.1 Å². The molecule has 8 nitrogen and oxygen atoms in total. The molecule has 0 aliphatic rings. The van der Waals surface area contributed by atoms with Gasteiger partial charge in [0.1, 0.15) is 18.3 Å². The van der Waals surface area contributed by atoms with E-state index in [2.05, 4.69) is 5.32 Å². The van der Waals surface area contributed by atoms with Crippen LogP contribution in [0.2, 0.25) is 5.02 Å². The quantitative estimate of drug-likeness (QED) is 0.169. The van der Waals surface area contributed by atoms with Crippen LogP contribution in [-0.2, 0) is 32.6 Å². The van der Waals surface area contributed by atoms with E-state index >= 15 is 0 Å². The first-order chi connectivity index (χ1) is 22.0. The summed E-state index contributed by atoms with van der Waals surface area (Å²) >= 11 is 6.15. The van der Waals surface area contributed by atoms with Crippen molar-refractivity contribution in [2.75, 3.05) is 18.0 Å². The number of carbonyl (C=O) groups excluding carboxylic acids is 2. The molecule has 2 atom stereocenters. The van der Waals surface area contributed by atoms with Crippen LogP contribution >= 0.6 is 11.6 Å². The van der Waals surface area contributed by atoms with Crippen molar-refractivity contribution < 1.29 is 22.7 Å². The number of aryl methyl sites for hydroxylation is 1. The van der Waals surface area contributed by atoms with E-state index in [1.54, 1.807) is 36.4 Å². The Hall–Kier alpha value is -4.34. The van der Waals surface area contributed by atoms with Crippen LogP contribution in [0.4, 0.5) is 5.69 Å². The van der Waals surface area contributed by atoms with E-state index in [9.17, 15) is 18.0 Å². The second kappa shape index (κ2) is 15.8. The number of nitrogens with one attached hydrogen (secondary N) is 1. The number of methoxy groups -OCH3 is 1. The van der Waals surface area contributed by atoms with E-state index in [0.717, 1.165) is 21.0 Å². The first-order valence-electron chi connectivity index (χ1n) is 15.1. The Bertz CT molecular complexity index is 1720. The van der Waals surface area contributed by atoms with Gasteiger partial charge in [-0.15, -0.1) is 0 Å². The highest BCUT2D eigenvalue weighted by molar-refractivity contribution is 7.92. The summed E-state index contributed by atoms with van der Waals surface area (Å²) in [6, 6.07) is 28.4. The lowest BCUT2D eigenvalue weighted by Crippen LogP contribution is -2.54. The molecule has 0 unspecified atom stereocenters. The van der Waals surface area contributed by atoms with Crippen LogP contribution in [0, 0.1) is 6.92 Å². The molecular formula is C36H40ClN3O5S. The highest BCUT2D eigenvalue weighted by Crippen LogP contribution is 2.27. The van der Waals surface area contributed by atoms with Crippen molar-refractivity contribution in [1.29, 1.82) is 0 Å². The Balaban J connectivity index is 1.80. The number of rotatable bonds is 14. The third kappa shape index (κ3) is 8.89. The van der Waals surface area contributed by atoms with E-state index in [0.29, 0.717) is 17.2 Å². The zero-order chi connectivity index (χ0) is 33.3. The van der Waals surface area contributed by atoms with Crippen molar-refractivity contribution in [2.45, 2.75) is 57.1 Å². The van der Waals surface area contributed by atoms with Gasteiger partial charge in [-0.25, -0.2) is 8.42 Å². The highest BCUT2D eigenvalue weighted by Gasteiger charge is 2.35. The molecule has 4 rings (SSSR count). The maximum Gasteiger partial charge on any atom is 0.264 e. The summed E-state index contributed by atoms with van der Waals surface area (Å²) in [6.07, 6.45) is 0.951. The molecule has 10 heteroatoms. The monoisotopic (exact) mass is 661 g/mol. The third-order valence-electron chi connectivity index (χ3n) is 7.75. The molecule has 1 N–H and O–H groups in total. The van der Waals surface area contributed by atoms with Crippen molar-refractivity contribution in [2.24, 2.45) is 0 Å². The average Bonchev–Trinajstić information content (AvgIpc) is 3.06. The lowest BCUT2D eigenvalue weighted by Gasteiger charge is -2.34. The number of nitrogens with zero attached hydrogens (tertiary/aromatic N) is 2. The Morgan fingerprint density at radius 3 is 2.15 bits per heavy atom. The summed E-state index contributed by atoms with van der Waals surface area (Å²) in [4.78, 5) is 30.0. The van der Waals surface area contributed by atoms with Gasteiger partial charge in [-0.1, -0.05) is 78.7 Å². The van der Waals surface area contributed by atoms with Gasteiger partial charge in [-0.05, 0) is 79.9 Å². The number of anilines is 1. The molecular weight excluding hydrogens is 622 g/mol. The molecule has 0 fully saturated rings. The lowest BCUT2D eigenvalue weighted by molar-refractivity contribution is -0.140. The number of sulfonamides is 1. The van der Waals surface area contributed by atoms with Crippen LogP contribution < -0.4 is 14.4 Å². The fraction of sp³-hybridized carbons (Fsp3) is 0.278. The van der Waals surface area contributed by atoms with Crippen LogP contribution in [0.5, 0.6) is 5.75 Å². The first kappa shape index (κ1) is 34.5. The third-order valence-corrected chi connectivity index (χ3v) is 9.79. The van der Waals surface area contributed by atoms with E-state index in [1.807, 2.05) is 75.4 Å². The van der Waals surface area contributed by atoms with Gasteiger partial charge in [-0.2, -0.15) is 0 Å². The average molecular weight is 662 g/mol. The topological polar surface area (TPSA) is 96.0 Å². The van der Waals surface area contributed by atoms with E-state index in [4.69, 9.17) is 16.3 Å². The van der Waals surface area contributed by atoms with Crippen LogP contribution in [0.15, 0.2) is 108 Å². The normalized spacial score (nSPS) is 12.5. The van der Waals surface area contributed by atoms with Crippen LogP contribution in [0.3, 0.4) is 0 Å². The fourth-order valence-corrected chi connectivity index (χ4v) is 6.55. The van der Waals surface area contributed by atoms with Crippen molar-refractivity contribution in [3.63, 3.8) is 0 Å². The molecule has 0 aliphatic heterocycles. The first-order valence-corrected chi connectivity index (χ1v) is 16.9. The predicted octanol–water partition coefficient (Wildman–Crippen LogP) is 6.41. The molecule has 4 aromatic rings. The summed E-state index contributed by atoms with van der Waals surface area (Å²) in [7, 11) is -2.75. The lowest BCUT2D eigenvalue weighted by atomic mass is 10.0. The smallest absolute Gasteiger partial charge is 0.264 e. The van der Waals surface area contributed by atoms with Crippen molar-refractivity contribution in [3.05, 3.63) is 125 Å². The maximum absolute atomic E-state index is 14.5. The highest BCUT2D eigenvalue weighted by atomic mass is 35.5. The van der Waals surface area contributed by atoms with Gasteiger partial charge in [0.25, 0.3) is 10.0 Å². The predicted molar refractivity (Wildman–Crippen MR) is 183 cm³/mol. The van der Waals surface area contributed by atoms with Crippen molar-refractivity contribution in [1.82, 2.24) is 10.2 Å². The molecule has 0 heterocycles. The Morgan fingerprint density at radius 2 is 1.54 bits per heavy atom. The summed E-state index contributed by atoms with van der Waals surface area (Å²) in [5.74, 6) is -0.350. The minimum atomic E-state index is -4.24. The molecule has 0 bridgehead atoms. The van der Waals surface area contributed by atoms with Gasteiger partial charge in [0.15, 0.2) is 0 Å². The van der Waals surface area contributed by atoms with Gasteiger partial charge in [0, 0.05) is 24.0 Å². The number of hydrogen-bond donors (Lipinski definition) is 1. The number of carbonyl (C=O) groups is 2. The number of benzene rings is 4. The Labute approximate surface area is 277 Å². The van der Waals surface area contributed by atoms with Crippen LogP contribution in [0.1, 0.15) is 37.0 Å². The van der Waals surface area contributed by atoms with Crippen LogP contribution in [-0.4, -0.2) is 50.9 Å². The van der Waals surface area contributed by atoms with Gasteiger partial charge >= 0.3 is 0 Å². The summed E-state index contributed by atoms with van der Waals surface area (Å²) in [5.41, 5.74) is 2.94. The standard InChI is InChI=1S/C36H40ClN3O5S/c1-5-27(3)38-36(42)34(23-28-11-7-6-8-12-28)39(24-29-13-9-10-26(2)22-29)35(41)25-40(31-16-14-30(37)15-17-31)46(43,44)33-20-18-32(45-4)19-21-33/h6-22,27,34H,5,23-25H2,1-4H3,(H,38,42)/t27-,34-/m0/s1. The SMILES string of the molecule is CC[C@H](C)NC(=O)[C@H](Cc1ccccc1)N(Cc1cccc(C)c1)C(=O)CN(c1ccc(Cl)cc1)S(=O)(=O)c1ccc(OC)cc1. The molecule has 4 aromatic carbocycles. The van der Waals surface area contributed by atoms with Crippen LogP contribution in [0.25, 0.3) is 0 Å². The number of halogens is 1. The van der Waals surface area contributed by atoms with Gasteiger partial charge in [0.2, 0.25) is 11.8 Å². The molecule has 0 aromatic heterocycles. The van der Waals surface area contributed by atoms with Gasteiger partial charge < -0.3 is 15.0 Å². The molecule has 242 valence electrons.